The van der Waals surface area contributed by atoms with E-state index in [2.05, 4.69) is 36.2 Å². The Kier molecular flexibility index (Phi) is 7.42. The number of amides is 1. The molecule has 1 aliphatic rings. The van der Waals surface area contributed by atoms with Crippen molar-refractivity contribution in [2.45, 2.75) is 50.7 Å². The number of halogens is 1. The molecular weight excluding hydrogens is 490 g/mol. The van der Waals surface area contributed by atoms with E-state index in [-0.39, 0.29) is 23.3 Å². The van der Waals surface area contributed by atoms with Crippen molar-refractivity contribution >= 4 is 43.8 Å². The molecule has 0 fully saturated rings. The third kappa shape index (κ3) is 5.68. The van der Waals surface area contributed by atoms with Crippen molar-refractivity contribution in [3.8, 4) is 0 Å². The van der Waals surface area contributed by atoms with Gasteiger partial charge in [0, 0.05) is 29.2 Å². The zero-order valence-corrected chi connectivity index (χ0v) is 21.8. The third-order valence-electron chi connectivity index (χ3n) is 6.19. The molecule has 1 N–H and O–H groups in total. The number of hydrogen-bond acceptors (Lipinski definition) is 6. The average Bonchev–Trinajstić information content (AvgIpc) is 3.31. The molecule has 1 aliphatic heterocycles. The van der Waals surface area contributed by atoms with Gasteiger partial charge in [0.1, 0.15) is 0 Å². The second-order valence-electron chi connectivity index (χ2n) is 8.83. The van der Waals surface area contributed by atoms with Crippen LogP contribution < -0.4 is 5.32 Å². The lowest BCUT2D eigenvalue weighted by molar-refractivity contribution is -0.115. The fourth-order valence-electron chi connectivity index (χ4n) is 4.25. The molecule has 1 amide bonds. The molecule has 2 aromatic carbocycles. The molecule has 0 bridgehead atoms. The number of thiazole rings is 1. The lowest BCUT2D eigenvalue weighted by Gasteiger charge is -2.29. The molecule has 3 aromatic rings. The van der Waals surface area contributed by atoms with Gasteiger partial charge in [0.2, 0.25) is 5.91 Å². The summed E-state index contributed by atoms with van der Waals surface area (Å²) in [6, 6.07) is 14.6. The monoisotopic (exact) mass is 517 g/mol. The largest absolute Gasteiger partial charge is 0.302 e. The molecule has 1 aromatic heterocycles. The molecule has 4 rings (SSSR count). The maximum absolute atomic E-state index is 12.6. The van der Waals surface area contributed by atoms with Gasteiger partial charge in [-0.2, -0.15) is 0 Å². The summed E-state index contributed by atoms with van der Waals surface area (Å²) in [4.78, 5) is 21.3. The Balaban J connectivity index is 1.44. The van der Waals surface area contributed by atoms with Gasteiger partial charge in [0.15, 0.2) is 15.0 Å². The van der Waals surface area contributed by atoms with Crippen LogP contribution >= 0.6 is 22.9 Å². The van der Waals surface area contributed by atoms with Gasteiger partial charge in [0.05, 0.1) is 23.1 Å². The SMILES string of the molecule is CC[C@H](C)[C@H]1c2nc(NC(=O)Cc3ccc(S(C)(=O)=O)cc3)sc2CN1Cc1ccc(Cl)cc1. The van der Waals surface area contributed by atoms with Crippen molar-refractivity contribution in [2.24, 2.45) is 5.92 Å². The standard InChI is InChI=1S/C25H28ClN3O3S2/c1-4-16(2)24-23-21(15-29(24)14-18-5-9-19(26)10-6-18)33-25(28-23)27-22(30)13-17-7-11-20(12-8-17)34(3,31)32/h5-12,16,24H,4,13-15H2,1-3H3,(H,27,28,30)/t16-,24-/m0/s1. The number of aromatic nitrogens is 1. The molecule has 0 unspecified atom stereocenters. The van der Waals surface area contributed by atoms with Gasteiger partial charge in [-0.3, -0.25) is 9.69 Å². The number of benzene rings is 2. The minimum atomic E-state index is -3.26. The van der Waals surface area contributed by atoms with E-state index in [1.165, 1.54) is 40.2 Å². The van der Waals surface area contributed by atoms with Crippen molar-refractivity contribution in [3.63, 3.8) is 0 Å². The molecule has 0 saturated carbocycles. The van der Waals surface area contributed by atoms with Crippen LogP contribution in [0, 0.1) is 5.92 Å². The fourth-order valence-corrected chi connectivity index (χ4v) is 6.05. The van der Waals surface area contributed by atoms with Crippen molar-refractivity contribution in [1.82, 2.24) is 9.88 Å². The van der Waals surface area contributed by atoms with Gasteiger partial charge in [-0.05, 0) is 41.3 Å². The fraction of sp³-hybridized carbons (Fsp3) is 0.360. The summed E-state index contributed by atoms with van der Waals surface area (Å²) in [6.45, 7) is 6.05. The minimum Gasteiger partial charge on any atom is -0.302 e. The molecule has 34 heavy (non-hydrogen) atoms. The van der Waals surface area contributed by atoms with Gasteiger partial charge < -0.3 is 5.32 Å². The lowest BCUT2D eigenvalue weighted by atomic mass is 9.96. The highest BCUT2D eigenvalue weighted by Gasteiger charge is 2.37. The smallest absolute Gasteiger partial charge is 0.230 e. The second kappa shape index (κ2) is 10.2. The van der Waals surface area contributed by atoms with Crippen molar-refractivity contribution in [1.29, 1.82) is 0 Å². The number of fused-ring (bicyclic) bond motifs is 1. The van der Waals surface area contributed by atoms with Crippen molar-refractivity contribution in [2.75, 3.05) is 11.6 Å². The highest BCUT2D eigenvalue weighted by atomic mass is 35.5. The van der Waals surface area contributed by atoms with Crippen molar-refractivity contribution < 1.29 is 13.2 Å². The topological polar surface area (TPSA) is 79.4 Å². The van der Waals surface area contributed by atoms with E-state index in [0.717, 1.165) is 35.8 Å². The number of hydrogen-bond donors (Lipinski definition) is 1. The van der Waals surface area contributed by atoms with Crippen LogP contribution in [-0.2, 0) is 34.1 Å². The van der Waals surface area contributed by atoms with Crippen LogP contribution in [0.2, 0.25) is 5.02 Å². The van der Waals surface area contributed by atoms with Crippen LogP contribution in [0.1, 0.15) is 48.0 Å². The van der Waals surface area contributed by atoms with E-state index in [1.807, 2.05) is 12.1 Å². The molecule has 180 valence electrons. The summed E-state index contributed by atoms with van der Waals surface area (Å²) in [5.41, 5.74) is 3.02. The van der Waals surface area contributed by atoms with Crippen LogP contribution in [0.3, 0.4) is 0 Å². The number of carbonyl (C=O) groups is 1. The van der Waals surface area contributed by atoms with E-state index in [1.54, 1.807) is 12.1 Å². The lowest BCUT2D eigenvalue weighted by Crippen LogP contribution is -2.27. The highest BCUT2D eigenvalue weighted by molar-refractivity contribution is 7.90. The Labute approximate surface area is 209 Å². The average molecular weight is 518 g/mol. The Morgan fingerprint density at radius 1 is 1.18 bits per heavy atom. The second-order valence-corrected chi connectivity index (χ2v) is 12.4. The first-order valence-corrected chi connectivity index (χ1v) is 14.3. The predicted octanol–water partition coefficient (Wildman–Crippen LogP) is 5.48. The molecule has 0 spiro atoms. The highest BCUT2D eigenvalue weighted by Crippen LogP contribution is 2.44. The van der Waals surface area contributed by atoms with Crippen molar-refractivity contribution in [3.05, 3.63) is 75.3 Å². The summed E-state index contributed by atoms with van der Waals surface area (Å²) < 4.78 is 23.2. The summed E-state index contributed by atoms with van der Waals surface area (Å²) in [5.74, 6) is 0.255. The number of carbonyl (C=O) groups excluding carboxylic acids is 1. The third-order valence-corrected chi connectivity index (χ3v) is 8.54. The molecule has 0 saturated heterocycles. The normalized spacial score (nSPS) is 16.9. The van der Waals surface area contributed by atoms with Crippen LogP contribution in [0.15, 0.2) is 53.4 Å². The molecule has 0 aliphatic carbocycles. The molecule has 2 atom stereocenters. The quantitative estimate of drug-likeness (QED) is 0.427. The number of rotatable bonds is 8. The predicted molar refractivity (Wildman–Crippen MR) is 137 cm³/mol. The number of nitrogens with zero attached hydrogens (tertiary/aromatic N) is 2. The van der Waals surface area contributed by atoms with E-state index in [9.17, 15) is 13.2 Å². The van der Waals surface area contributed by atoms with Crippen LogP contribution in [-0.4, -0.2) is 30.5 Å². The first kappa shape index (κ1) is 24.9. The minimum absolute atomic E-state index is 0.159. The number of nitrogens with one attached hydrogen (secondary N) is 1. The molecule has 9 heteroatoms. The summed E-state index contributed by atoms with van der Waals surface area (Å²) in [6.07, 6.45) is 2.36. The van der Waals surface area contributed by atoms with Gasteiger partial charge in [-0.1, -0.05) is 56.1 Å². The summed E-state index contributed by atoms with van der Waals surface area (Å²) in [7, 11) is -3.26. The number of anilines is 1. The Hall–Kier alpha value is -2.26. The van der Waals surface area contributed by atoms with Gasteiger partial charge in [-0.25, -0.2) is 13.4 Å². The zero-order valence-electron chi connectivity index (χ0n) is 19.4. The van der Waals surface area contributed by atoms with E-state index in [0.29, 0.717) is 11.0 Å². The van der Waals surface area contributed by atoms with E-state index in [4.69, 9.17) is 16.6 Å². The Morgan fingerprint density at radius 2 is 1.82 bits per heavy atom. The first-order chi connectivity index (χ1) is 16.1. The summed E-state index contributed by atoms with van der Waals surface area (Å²) >= 11 is 7.57. The van der Waals surface area contributed by atoms with Crippen LogP contribution in [0.5, 0.6) is 0 Å². The molecule has 0 radical (unpaired) electrons. The number of sulfone groups is 1. The maximum atomic E-state index is 12.6. The zero-order chi connectivity index (χ0) is 24.5. The van der Waals surface area contributed by atoms with E-state index < -0.39 is 9.84 Å². The molecule has 6 nitrogen and oxygen atoms in total. The van der Waals surface area contributed by atoms with Gasteiger partial charge in [-0.15, -0.1) is 11.3 Å². The van der Waals surface area contributed by atoms with Crippen LogP contribution in [0.4, 0.5) is 5.13 Å². The van der Waals surface area contributed by atoms with E-state index >= 15 is 0 Å². The first-order valence-electron chi connectivity index (χ1n) is 11.2. The Morgan fingerprint density at radius 3 is 2.44 bits per heavy atom. The Bertz CT molecular complexity index is 1270. The molecular formula is C25H28ClN3O3S2. The maximum Gasteiger partial charge on any atom is 0.230 e. The van der Waals surface area contributed by atoms with Gasteiger partial charge in [0.25, 0.3) is 0 Å². The summed E-state index contributed by atoms with van der Waals surface area (Å²) in [5, 5.41) is 4.28. The molecule has 2 heterocycles. The van der Waals surface area contributed by atoms with Crippen LogP contribution in [0.25, 0.3) is 0 Å². The van der Waals surface area contributed by atoms with Gasteiger partial charge >= 0.3 is 0 Å².